The highest BCUT2D eigenvalue weighted by atomic mass is 16.4. The molecule has 0 saturated heterocycles. The highest BCUT2D eigenvalue weighted by Crippen LogP contribution is 2.24. The SMILES string of the molecule is NC1CCC(CC(=O)O)CC1N. The second kappa shape index (κ2) is 3.87. The van der Waals surface area contributed by atoms with Crippen LogP contribution in [0.2, 0.25) is 0 Å². The molecule has 1 rings (SSSR count). The number of carbonyl (C=O) groups is 1. The van der Waals surface area contributed by atoms with Gasteiger partial charge in [0.15, 0.2) is 0 Å². The van der Waals surface area contributed by atoms with Crippen molar-refractivity contribution in [3.8, 4) is 0 Å². The van der Waals surface area contributed by atoms with E-state index in [-0.39, 0.29) is 24.4 Å². The molecule has 5 N–H and O–H groups in total. The van der Waals surface area contributed by atoms with Crippen molar-refractivity contribution in [2.75, 3.05) is 0 Å². The minimum absolute atomic E-state index is 0.0110. The summed E-state index contributed by atoms with van der Waals surface area (Å²) in [5.74, 6) is -0.500. The second-order valence-corrected chi connectivity index (χ2v) is 3.60. The number of carboxylic acids is 1. The van der Waals surface area contributed by atoms with Gasteiger partial charge >= 0.3 is 5.97 Å². The van der Waals surface area contributed by atoms with Gasteiger partial charge in [-0.2, -0.15) is 0 Å². The largest absolute Gasteiger partial charge is 0.481 e. The molecule has 0 heterocycles. The van der Waals surface area contributed by atoms with Crippen LogP contribution in [0.1, 0.15) is 25.7 Å². The monoisotopic (exact) mass is 172 g/mol. The molecule has 0 amide bonds. The Morgan fingerprint density at radius 2 is 2.00 bits per heavy atom. The fourth-order valence-corrected chi connectivity index (χ4v) is 1.75. The van der Waals surface area contributed by atoms with E-state index < -0.39 is 5.97 Å². The lowest BCUT2D eigenvalue weighted by atomic mass is 9.81. The van der Waals surface area contributed by atoms with Crippen LogP contribution in [-0.4, -0.2) is 23.2 Å². The fourth-order valence-electron chi connectivity index (χ4n) is 1.75. The Labute approximate surface area is 71.9 Å². The maximum atomic E-state index is 10.4. The first kappa shape index (κ1) is 9.48. The molecule has 1 fully saturated rings. The zero-order valence-corrected chi connectivity index (χ0v) is 7.07. The molecule has 1 aliphatic rings. The lowest BCUT2D eigenvalue weighted by Crippen LogP contribution is -2.46. The van der Waals surface area contributed by atoms with Crippen molar-refractivity contribution < 1.29 is 9.90 Å². The van der Waals surface area contributed by atoms with Gasteiger partial charge in [0, 0.05) is 18.5 Å². The highest BCUT2D eigenvalue weighted by Gasteiger charge is 2.26. The summed E-state index contributed by atoms with van der Waals surface area (Å²) in [5, 5.41) is 8.55. The molecule has 12 heavy (non-hydrogen) atoms. The smallest absolute Gasteiger partial charge is 0.303 e. The number of nitrogens with two attached hydrogens (primary N) is 2. The lowest BCUT2D eigenvalue weighted by molar-refractivity contribution is -0.138. The van der Waals surface area contributed by atoms with E-state index in [0.29, 0.717) is 0 Å². The van der Waals surface area contributed by atoms with Crippen molar-refractivity contribution in [3.05, 3.63) is 0 Å². The third kappa shape index (κ3) is 2.46. The molecular formula is C8H16N2O2. The summed E-state index contributed by atoms with van der Waals surface area (Å²) < 4.78 is 0. The minimum Gasteiger partial charge on any atom is -0.481 e. The standard InChI is InChI=1S/C8H16N2O2/c9-6-2-1-5(3-7(6)10)4-8(11)12/h5-7H,1-4,9-10H2,(H,11,12). The van der Waals surface area contributed by atoms with Crippen LogP contribution in [0.3, 0.4) is 0 Å². The summed E-state index contributed by atoms with van der Waals surface area (Å²) in [6, 6.07) is 0.0538. The van der Waals surface area contributed by atoms with E-state index >= 15 is 0 Å². The molecule has 0 radical (unpaired) electrons. The zero-order chi connectivity index (χ0) is 9.14. The van der Waals surface area contributed by atoms with E-state index in [0.717, 1.165) is 19.3 Å². The molecule has 0 aliphatic heterocycles. The topological polar surface area (TPSA) is 89.3 Å². The quantitative estimate of drug-likeness (QED) is 0.543. The van der Waals surface area contributed by atoms with Gasteiger partial charge in [-0.3, -0.25) is 4.79 Å². The summed E-state index contributed by atoms with van der Waals surface area (Å²) in [7, 11) is 0. The van der Waals surface area contributed by atoms with Gasteiger partial charge in [-0.15, -0.1) is 0 Å². The summed E-state index contributed by atoms with van der Waals surface area (Å²) in [5.41, 5.74) is 11.4. The zero-order valence-electron chi connectivity index (χ0n) is 7.07. The van der Waals surface area contributed by atoms with E-state index in [1.807, 2.05) is 0 Å². The number of rotatable bonds is 2. The van der Waals surface area contributed by atoms with E-state index in [4.69, 9.17) is 16.6 Å². The van der Waals surface area contributed by atoms with E-state index in [1.165, 1.54) is 0 Å². The molecule has 3 unspecified atom stereocenters. The Bertz CT molecular complexity index is 172. The summed E-state index contributed by atoms with van der Waals surface area (Å²) in [6.45, 7) is 0. The van der Waals surface area contributed by atoms with Crippen LogP contribution in [0.15, 0.2) is 0 Å². The van der Waals surface area contributed by atoms with Crippen molar-refractivity contribution in [1.82, 2.24) is 0 Å². The highest BCUT2D eigenvalue weighted by molar-refractivity contribution is 5.67. The van der Waals surface area contributed by atoms with Crippen molar-refractivity contribution in [2.45, 2.75) is 37.8 Å². The number of carboxylic acid groups (broad SMARTS) is 1. The summed E-state index contributed by atoms with van der Waals surface area (Å²) in [4.78, 5) is 10.4. The molecule has 0 spiro atoms. The van der Waals surface area contributed by atoms with Gasteiger partial charge < -0.3 is 16.6 Å². The average Bonchev–Trinajstić information content (AvgIpc) is 1.96. The van der Waals surface area contributed by atoms with Gasteiger partial charge in [-0.25, -0.2) is 0 Å². The summed E-state index contributed by atoms with van der Waals surface area (Å²) >= 11 is 0. The minimum atomic E-state index is -0.734. The first-order chi connectivity index (χ1) is 5.59. The van der Waals surface area contributed by atoms with Crippen molar-refractivity contribution >= 4 is 5.97 Å². The number of hydrogen-bond donors (Lipinski definition) is 3. The molecule has 70 valence electrons. The Balaban J connectivity index is 2.35. The predicted octanol–water partition coefficient (Wildman–Crippen LogP) is -0.0842. The van der Waals surface area contributed by atoms with Crippen molar-refractivity contribution in [1.29, 1.82) is 0 Å². The average molecular weight is 172 g/mol. The Hall–Kier alpha value is -0.610. The molecule has 3 atom stereocenters. The number of hydrogen-bond acceptors (Lipinski definition) is 3. The third-order valence-electron chi connectivity index (χ3n) is 2.53. The van der Waals surface area contributed by atoms with E-state index in [2.05, 4.69) is 0 Å². The molecule has 1 saturated carbocycles. The molecule has 0 aromatic rings. The Kier molecular flexibility index (Phi) is 3.05. The van der Waals surface area contributed by atoms with Crippen LogP contribution >= 0.6 is 0 Å². The Morgan fingerprint density at radius 1 is 1.33 bits per heavy atom. The molecule has 4 heteroatoms. The van der Waals surface area contributed by atoms with Gasteiger partial charge in [-0.1, -0.05) is 0 Å². The van der Waals surface area contributed by atoms with Crippen molar-refractivity contribution in [3.63, 3.8) is 0 Å². The summed E-state index contributed by atoms with van der Waals surface area (Å²) in [6.07, 6.45) is 2.76. The van der Waals surface area contributed by atoms with Crippen LogP contribution in [0.25, 0.3) is 0 Å². The van der Waals surface area contributed by atoms with Gasteiger partial charge in [0.25, 0.3) is 0 Å². The second-order valence-electron chi connectivity index (χ2n) is 3.60. The maximum absolute atomic E-state index is 10.4. The normalized spacial score (nSPS) is 36.3. The maximum Gasteiger partial charge on any atom is 0.303 e. The molecule has 0 aromatic carbocycles. The van der Waals surface area contributed by atoms with Crippen LogP contribution in [0, 0.1) is 5.92 Å². The molecular weight excluding hydrogens is 156 g/mol. The van der Waals surface area contributed by atoms with E-state index in [9.17, 15) is 4.79 Å². The van der Waals surface area contributed by atoms with Gasteiger partial charge in [0.2, 0.25) is 0 Å². The molecule has 0 bridgehead atoms. The van der Waals surface area contributed by atoms with Crippen LogP contribution in [0.5, 0.6) is 0 Å². The van der Waals surface area contributed by atoms with Crippen LogP contribution < -0.4 is 11.5 Å². The van der Waals surface area contributed by atoms with Crippen LogP contribution in [-0.2, 0) is 4.79 Å². The van der Waals surface area contributed by atoms with Gasteiger partial charge in [0.1, 0.15) is 0 Å². The van der Waals surface area contributed by atoms with Crippen molar-refractivity contribution in [2.24, 2.45) is 17.4 Å². The number of aliphatic carboxylic acids is 1. The van der Waals surface area contributed by atoms with Crippen LogP contribution in [0.4, 0.5) is 0 Å². The first-order valence-electron chi connectivity index (χ1n) is 4.32. The Morgan fingerprint density at radius 3 is 2.50 bits per heavy atom. The first-order valence-corrected chi connectivity index (χ1v) is 4.32. The lowest BCUT2D eigenvalue weighted by Gasteiger charge is -2.30. The predicted molar refractivity (Wildman–Crippen MR) is 45.5 cm³/mol. The molecule has 0 aromatic heterocycles. The van der Waals surface area contributed by atoms with Gasteiger partial charge in [0.05, 0.1) is 0 Å². The fraction of sp³-hybridized carbons (Fsp3) is 0.875. The third-order valence-corrected chi connectivity index (χ3v) is 2.53. The molecule has 1 aliphatic carbocycles. The molecule has 4 nitrogen and oxygen atoms in total. The van der Waals surface area contributed by atoms with E-state index in [1.54, 1.807) is 0 Å². The van der Waals surface area contributed by atoms with Gasteiger partial charge in [-0.05, 0) is 25.2 Å².